The van der Waals surface area contributed by atoms with Gasteiger partial charge in [0.2, 0.25) is 5.91 Å². The van der Waals surface area contributed by atoms with E-state index in [-0.39, 0.29) is 11.3 Å². The van der Waals surface area contributed by atoms with Crippen molar-refractivity contribution in [1.82, 2.24) is 10.3 Å². The van der Waals surface area contributed by atoms with Crippen LogP contribution in [0.1, 0.15) is 57.7 Å². The lowest BCUT2D eigenvalue weighted by Gasteiger charge is -2.14. The van der Waals surface area contributed by atoms with E-state index in [1.54, 1.807) is 11.3 Å². The molecule has 0 saturated heterocycles. The lowest BCUT2D eigenvalue weighted by Crippen LogP contribution is -2.24. The SMILES string of the molecule is CCCCNC(=O)CCc1nc(C(C)(C)C)cs1. The highest BCUT2D eigenvalue weighted by Crippen LogP contribution is 2.24. The van der Waals surface area contributed by atoms with E-state index in [4.69, 9.17) is 0 Å². The molecule has 102 valence electrons. The number of hydrogen-bond donors (Lipinski definition) is 1. The minimum atomic E-state index is 0.0954. The van der Waals surface area contributed by atoms with Gasteiger partial charge in [0.25, 0.3) is 0 Å². The molecular formula is C14H24N2OS. The second-order valence-corrected chi connectivity index (χ2v) is 6.52. The number of amides is 1. The van der Waals surface area contributed by atoms with E-state index in [0.717, 1.165) is 36.5 Å². The van der Waals surface area contributed by atoms with Crippen LogP contribution >= 0.6 is 11.3 Å². The van der Waals surface area contributed by atoms with Crippen molar-refractivity contribution in [3.63, 3.8) is 0 Å². The molecule has 18 heavy (non-hydrogen) atoms. The highest BCUT2D eigenvalue weighted by Gasteiger charge is 2.17. The summed E-state index contributed by atoms with van der Waals surface area (Å²) in [6.07, 6.45) is 3.46. The summed E-state index contributed by atoms with van der Waals surface area (Å²) in [6, 6.07) is 0. The molecule has 0 unspecified atom stereocenters. The second kappa shape index (κ2) is 6.88. The summed E-state index contributed by atoms with van der Waals surface area (Å²) in [5, 5.41) is 6.09. The van der Waals surface area contributed by atoms with Crippen molar-refractivity contribution >= 4 is 17.2 Å². The Morgan fingerprint density at radius 3 is 2.72 bits per heavy atom. The maximum atomic E-state index is 11.6. The van der Waals surface area contributed by atoms with Crippen LogP contribution in [0.15, 0.2) is 5.38 Å². The Morgan fingerprint density at radius 2 is 2.17 bits per heavy atom. The largest absolute Gasteiger partial charge is 0.356 e. The Balaban J connectivity index is 2.35. The zero-order chi connectivity index (χ0) is 13.6. The van der Waals surface area contributed by atoms with Crippen molar-refractivity contribution in [1.29, 1.82) is 0 Å². The van der Waals surface area contributed by atoms with Crippen LogP contribution in [0, 0.1) is 0 Å². The van der Waals surface area contributed by atoms with Gasteiger partial charge in [0.1, 0.15) is 0 Å². The molecule has 4 heteroatoms. The third-order valence-electron chi connectivity index (χ3n) is 2.74. The Labute approximate surface area is 114 Å². The number of carbonyl (C=O) groups is 1. The molecule has 0 radical (unpaired) electrons. The fourth-order valence-electron chi connectivity index (χ4n) is 1.48. The molecule has 0 spiro atoms. The predicted molar refractivity (Wildman–Crippen MR) is 77.1 cm³/mol. The molecule has 1 amide bonds. The van der Waals surface area contributed by atoms with Crippen molar-refractivity contribution in [2.24, 2.45) is 0 Å². The van der Waals surface area contributed by atoms with Crippen LogP contribution in [0.3, 0.4) is 0 Å². The van der Waals surface area contributed by atoms with E-state index in [0.29, 0.717) is 6.42 Å². The Morgan fingerprint density at radius 1 is 1.44 bits per heavy atom. The molecule has 1 rings (SSSR count). The van der Waals surface area contributed by atoms with Gasteiger partial charge in [0.15, 0.2) is 0 Å². The Bertz CT molecular complexity index is 379. The van der Waals surface area contributed by atoms with Crippen LogP contribution in [0.2, 0.25) is 0 Å². The number of hydrogen-bond acceptors (Lipinski definition) is 3. The van der Waals surface area contributed by atoms with E-state index < -0.39 is 0 Å². The summed E-state index contributed by atoms with van der Waals surface area (Å²) >= 11 is 1.66. The number of aromatic nitrogens is 1. The summed E-state index contributed by atoms with van der Waals surface area (Å²) in [5.74, 6) is 0.135. The zero-order valence-electron chi connectivity index (χ0n) is 11.9. The molecule has 0 aliphatic carbocycles. The first-order chi connectivity index (χ1) is 8.43. The van der Waals surface area contributed by atoms with Gasteiger partial charge in [-0.05, 0) is 6.42 Å². The molecule has 1 heterocycles. The average Bonchev–Trinajstić information content (AvgIpc) is 2.75. The Kier molecular flexibility index (Phi) is 5.79. The smallest absolute Gasteiger partial charge is 0.220 e. The van der Waals surface area contributed by atoms with E-state index in [9.17, 15) is 4.79 Å². The van der Waals surface area contributed by atoms with E-state index in [2.05, 4.69) is 43.4 Å². The number of nitrogens with one attached hydrogen (secondary N) is 1. The maximum absolute atomic E-state index is 11.6. The van der Waals surface area contributed by atoms with Crippen molar-refractivity contribution < 1.29 is 4.79 Å². The van der Waals surface area contributed by atoms with Gasteiger partial charge in [-0.25, -0.2) is 4.98 Å². The lowest BCUT2D eigenvalue weighted by molar-refractivity contribution is -0.121. The maximum Gasteiger partial charge on any atom is 0.220 e. The van der Waals surface area contributed by atoms with Gasteiger partial charge >= 0.3 is 0 Å². The monoisotopic (exact) mass is 268 g/mol. The molecule has 0 atom stereocenters. The van der Waals surface area contributed by atoms with Crippen LogP contribution in [-0.2, 0) is 16.6 Å². The highest BCUT2D eigenvalue weighted by atomic mass is 32.1. The van der Waals surface area contributed by atoms with Gasteiger partial charge in [-0.3, -0.25) is 4.79 Å². The molecule has 0 fully saturated rings. The third-order valence-corrected chi connectivity index (χ3v) is 3.65. The molecule has 1 aromatic heterocycles. The molecule has 0 aliphatic rings. The molecular weight excluding hydrogens is 244 g/mol. The van der Waals surface area contributed by atoms with Crippen molar-refractivity contribution in [3.8, 4) is 0 Å². The standard InChI is InChI=1S/C14H24N2OS/c1-5-6-9-15-12(17)7-8-13-16-11(10-18-13)14(2,3)4/h10H,5-9H2,1-4H3,(H,15,17). The molecule has 0 saturated carbocycles. The van der Waals surface area contributed by atoms with Gasteiger partial charge in [-0.2, -0.15) is 0 Å². The lowest BCUT2D eigenvalue weighted by atomic mass is 9.93. The van der Waals surface area contributed by atoms with Crippen LogP contribution in [-0.4, -0.2) is 17.4 Å². The summed E-state index contributed by atoms with van der Waals surface area (Å²) in [5.41, 5.74) is 1.21. The fourth-order valence-corrected chi connectivity index (χ4v) is 2.51. The topological polar surface area (TPSA) is 42.0 Å². The summed E-state index contributed by atoms with van der Waals surface area (Å²) in [7, 11) is 0. The first-order valence-electron chi connectivity index (χ1n) is 6.65. The Hall–Kier alpha value is -0.900. The van der Waals surface area contributed by atoms with E-state index >= 15 is 0 Å². The van der Waals surface area contributed by atoms with Gasteiger partial charge in [0.05, 0.1) is 10.7 Å². The first-order valence-corrected chi connectivity index (χ1v) is 7.53. The van der Waals surface area contributed by atoms with Gasteiger partial charge in [-0.1, -0.05) is 34.1 Å². The molecule has 3 nitrogen and oxygen atoms in total. The first kappa shape index (κ1) is 15.2. The van der Waals surface area contributed by atoms with E-state index in [1.165, 1.54) is 0 Å². The van der Waals surface area contributed by atoms with Crippen LogP contribution in [0.4, 0.5) is 0 Å². The average molecular weight is 268 g/mol. The van der Waals surface area contributed by atoms with Crippen molar-refractivity contribution in [2.45, 2.75) is 58.8 Å². The summed E-state index contributed by atoms with van der Waals surface area (Å²) < 4.78 is 0. The predicted octanol–water partition coefficient (Wildman–Crippen LogP) is 3.29. The number of carbonyl (C=O) groups excluding carboxylic acids is 1. The molecule has 1 N–H and O–H groups in total. The molecule has 1 aromatic rings. The number of thiazole rings is 1. The molecule has 0 aromatic carbocycles. The van der Waals surface area contributed by atoms with E-state index in [1.807, 2.05) is 0 Å². The highest BCUT2D eigenvalue weighted by molar-refractivity contribution is 7.09. The minimum absolute atomic E-state index is 0.0954. The van der Waals surface area contributed by atoms with Crippen molar-refractivity contribution in [2.75, 3.05) is 6.54 Å². The number of rotatable bonds is 6. The second-order valence-electron chi connectivity index (χ2n) is 5.58. The minimum Gasteiger partial charge on any atom is -0.356 e. The number of unbranched alkanes of at least 4 members (excludes halogenated alkanes) is 1. The number of aryl methyl sites for hydroxylation is 1. The van der Waals surface area contributed by atoms with Crippen LogP contribution < -0.4 is 5.32 Å². The summed E-state index contributed by atoms with van der Waals surface area (Å²) in [4.78, 5) is 16.1. The molecule has 0 bridgehead atoms. The van der Waals surface area contributed by atoms with Crippen LogP contribution in [0.25, 0.3) is 0 Å². The summed E-state index contributed by atoms with van der Waals surface area (Å²) in [6.45, 7) is 9.38. The van der Waals surface area contributed by atoms with Gasteiger partial charge in [0, 0.05) is 30.2 Å². The van der Waals surface area contributed by atoms with Crippen molar-refractivity contribution in [3.05, 3.63) is 16.1 Å². The zero-order valence-corrected chi connectivity index (χ0v) is 12.7. The van der Waals surface area contributed by atoms with Gasteiger partial charge < -0.3 is 5.32 Å². The number of nitrogens with zero attached hydrogens (tertiary/aromatic N) is 1. The van der Waals surface area contributed by atoms with Crippen LogP contribution in [0.5, 0.6) is 0 Å². The molecule has 0 aliphatic heterocycles. The quantitative estimate of drug-likeness (QED) is 0.804. The fraction of sp³-hybridized carbons (Fsp3) is 0.714. The van der Waals surface area contributed by atoms with Gasteiger partial charge in [-0.15, -0.1) is 11.3 Å². The third kappa shape index (κ3) is 5.17. The normalized spacial score (nSPS) is 11.6.